The van der Waals surface area contributed by atoms with Crippen molar-refractivity contribution in [1.82, 2.24) is 5.32 Å². The van der Waals surface area contributed by atoms with Gasteiger partial charge in [-0.3, -0.25) is 13.8 Å². The number of rotatable bonds is 8. The van der Waals surface area contributed by atoms with Crippen LogP contribution in [0.3, 0.4) is 0 Å². The number of fused-ring (bicyclic) bond motifs is 1. The maximum atomic E-state index is 12.4. The quantitative estimate of drug-likeness (QED) is 0.615. The highest BCUT2D eigenvalue weighted by molar-refractivity contribution is 7.85. The predicted molar refractivity (Wildman–Crippen MR) is 111 cm³/mol. The van der Waals surface area contributed by atoms with Gasteiger partial charge in [-0.1, -0.05) is 60.7 Å². The van der Waals surface area contributed by atoms with Crippen LogP contribution in [0.25, 0.3) is 10.8 Å². The highest BCUT2D eigenvalue weighted by atomic mass is 32.2. The van der Waals surface area contributed by atoms with Crippen LogP contribution in [0.2, 0.25) is 0 Å². The Balaban J connectivity index is 1.59. The molecule has 0 spiro atoms. The summed E-state index contributed by atoms with van der Waals surface area (Å²) < 4.78 is 12.3. The fourth-order valence-electron chi connectivity index (χ4n) is 2.98. The zero-order chi connectivity index (χ0) is 19.9. The van der Waals surface area contributed by atoms with Gasteiger partial charge >= 0.3 is 0 Å². The van der Waals surface area contributed by atoms with Gasteiger partial charge in [0, 0.05) is 10.6 Å². The minimum Gasteiger partial charge on any atom is -0.368 e. The van der Waals surface area contributed by atoms with Crippen molar-refractivity contribution in [3.05, 3.63) is 78.4 Å². The van der Waals surface area contributed by atoms with Crippen LogP contribution in [0, 0.1) is 0 Å². The first-order chi connectivity index (χ1) is 13.5. The third kappa shape index (κ3) is 5.27. The van der Waals surface area contributed by atoms with Gasteiger partial charge in [0.05, 0.1) is 17.2 Å². The summed E-state index contributed by atoms with van der Waals surface area (Å²) in [4.78, 5) is 24.8. The van der Waals surface area contributed by atoms with E-state index in [-0.39, 0.29) is 24.5 Å². The van der Waals surface area contributed by atoms with Gasteiger partial charge in [-0.05, 0) is 34.9 Å². The number of primary amides is 1. The molecule has 0 saturated heterocycles. The lowest BCUT2D eigenvalue weighted by molar-refractivity contribution is -0.127. The van der Waals surface area contributed by atoms with Crippen LogP contribution >= 0.6 is 0 Å². The summed E-state index contributed by atoms with van der Waals surface area (Å²) in [7, 11) is -1.25. The molecule has 3 aromatic carbocycles. The second-order valence-corrected chi connectivity index (χ2v) is 8.10. The Bertz CT molecular complexity index is 1000. The molecule has 28 heavy (non-hydrogen) atoms. The van der Waals surface area contributed by atoms with Gasteiger partial charge in [0.1, 0.15) is 6.04 Å². The zero-order valence-electron chi connectivity index (χ0n) is 15.3. The van der Waals surface area contributed by atoms with Gasteiger partial charge < -0.3 is 11.1 Å². The van der Waals surface area contributed by atoms with Crippen molar-refractivity contribution in [3.63, 3.8) is 0 Å². The Morgan fingerprint density at radius 3 is 2.32 bits per heavy atom. The molecule has 0 aliphatic heterocycles. The molecule has 0 radical (unpaired) electrons. The van der Waals surface area contributed by atoms with Crippen molar-refractivity contribution in [3.8, 4) is 0 Å². The summed E-state index contributed by atoms with van der Waals surface area (Å²) in [6.07, 6.45) is 0.372. The van der Waals surface area contributed by atoms with Crippen molar-refractivity contribution < 1.29 is 13.8 Å². The summed E-state index contributed by atoms with van der Waals surface area (Å²) in [6, 6.07) is 21.9. The number of amides is 2. The largest absolute Gasteiger partial charge is 0.368 e. The molecule has 0 saturated carbocycles. The summed E-state index contributed by atoms with van der Waals surface area (Å²) >= 11 is 0. The first-order valence-corrected chi connectivity index (χ1v) is 10.3. The van der Waals surface area contributed by atoms with Crippen LogP contribution in [0.1, 0.15) is 12.0 Å². The highest BCUT2D eigenvalue weighted by Crippen LogP contribution is 2.16. The van der Waals surface area contributed by atoms with E-state index in [1.165, 1.54) is 0 Å². The van der Waals surface area contributed by atoms with Crippen molar-refractivity contribution in [1.29, 1.82) is 0 Å². The third-order valence-corrected chi connectivity index (χ3v) is 5.86. The smallest absolute Gasteiger partial charge is 0.240 e. The Kier molecular flexibility index (Phi) is 6.55. The van der Waals surface area contributed by atoms with Crippen LogP contribution in [0.15, 0.2) is 77.7 Å². The number of hydrogen-bond acceptors (Lipinski definition) is 3. The van der Waals surface area contributed by atoms with E-state index in [1.807, 2.05) is 60.7 Å². The molecular weight excluding hydrogens is 372 g/mol. The normalized spacial score (nSPS) is 13.0. The summed E-state index contributed by atoms with van der Waals surface area (Å²) in [6.45, 7) is 0. The molecule has 3 aromatic rings. The van der Waals surface area contributed by atoms with Crippen molar-refractivity contribution in [2.45, 2.75) is 23.8 Å². The van der Waals surface area contributed by atoms with E-state index >= 15 is 0 Å². The van der Waals surface area contributed by atoms with E-state index in [1.54, 1.807) is 12.1 Å². The van der Waals surface area contributed by atoms with Crippen LogP contribution in [-0.2, 0) is 26.8 Å². The molecule has 0 fully saturated rings. The molecule has 5 nitrogen and oxygen atoms in total. The van der Waals surface area contributed by atoms with Crippen molar-refractivity contribution in [2.24, 2.45) is 5.73 Å². The molecule has 6 heteroatoms. The van der Waals surface area contributed by atoms with E-state index in [0.717, 1.165) is 16.3 Å². The first-order valence-electron chi connectivity index (χ1n) is 9.03. The second-order valence-electron chi connectivity index (χ2n) is 6.53. The molecule has 0 unspecified atom stereocenters. The van der Waals surface area contributed by atoms with E-state index in [0.29, 0.717) is 4.90 Å². The number of hydrogen-bond donors (Lipinski definition) is 2. The van der Waals surface area contributed by atoms with E-state index < -0.39 is 22.7 Å². The molecule has 2 amide bonds. The third-order valence-electron chi connectivity index (χ3n) is 4.46. The molecule has 0 aliphatic carbocycles. The standard InChI is InChI=1S/C22H22N2O3S/c23-22(26)20(12-13-28(27)19-8-2-1-3-9-19)24-21(25)15-16-10-11-17-6-4-5-7-18(17)14-16/h1-11,14,20H,12-13,15H2,(H2,23,26)(H,24,25)/t20-,28-/m1/s1. The van der Waals surface area contributed by atoms with Crippen LogP contribution in [-0.4, -0.2) is 27.8 Å². The van der Waals surface area contributed by atoms with Crippen molar-refractivity contribution >= 4 is 33.4 Å². The SMILES string of the molecule is NC(=O)[C@@H](CC[S@@](=O)c1ccccc1)NC(=O)Cc1ccc2ccccc2c1. The van der Waals surface area contributed by atoms with Crippen LogP contribution < -0.4 is 11.1 Å². The topological polar surface area (TPSA) is 89.3 Å². The molecule has 2 atom stereocenters. The van der Waals surface area contributed by atoms with E-state index in [9.17, 15) is 13.8 Å². The summed E-state index contributed by atoms with van der Waals surface area (Å²) in [5, 5.41) is 4.83. The molecular formula is C22H22N2O3S. The van der Waals surface area contributed by atoms with E-state index in [2.05, 4.69) is 5.32 Å². The zero-order valence-corrected chi connectivity index (χ0v) is 16.2. The molecule has 0 heterocycles. The minimum absolute atomic E-state index is 0.149. The Morgan fingerprint density at radius 2 is 1.61 bits per heavy atom. The number of nitrogens with two attached hydrogens (primary N) is 1. The van der Waals surface area contributed by atoms with Crippen LogP contribution in [0.4, 0.5) is 0 Å². The van der Waals surface area contributed by atoms with Gasteiger partial charge in [-0.2, -0.15) is 0 Å². The van der Waals surface area contributed by atoms with Gasteiger partial charge in [-0.25, -0.2) is 0 Å². The fourth-order valence-corrected chi connectivity index (χ4v) is 4.13. The van der Waals surface area contributed by atoms with Crippen molar-refractivity contribution in [2.75, 3.05) is 5.75 Å². The van der Waals surface area contributed by atoms with Gasteiger partial charge in [0.2, 0.25) is 11.8 Å². The van der Waals surface area contributed by atoms with Gasteiger partial charge in [0.15, 0.2) is 0 Å². The number of carbonyl (C=O) groups is 2. The Hall–Kier alpha value is -2.99. The lowest BCUT2D eigenvalue weighted by Gasteiger charge is -2.15. The molecule has 0 aliphatic rings. The number of benzene rings is 3. The summed E-state index contributed by atoms with van der Waals surface area (Å²) in [5.74, 6) is -0.671. The predicted octanol–water partition coefficient (Wildman–Crippen LogP) is 2.55. The maximum absolute atomic E-state index is 12.4. The lowest BCUT2D eigenvalue weighted by atomic mass is 10.0. The molecule has 0 aromatic heterocycles. The average Bonchev–Trinajstić information content (AvgIpc) is 2.71. The van der Waals surface area contributed by atoms with Gasteiger partial charge in [0.25, 0.3) is 0 Å². The highest BCUT2D eigenvalue weighted by Gasteiger charge is 2.19. The average molecular weight is 394 g/mol. The van der Waals surface area contributed by atoms with Crippen LogP contribution in [0.5, 0.6) is 0 Å². The molecule has 144 valence electrons. The van der Waals surface area contributed by atoms with E-state index in [4.69, 9.17) is 5.73 Å². The molecule has 3 rings (SSSR count). The maximum Gasteiger partial charge on any atom is 0.240 e. The summed E-state index contributed by atoms with van der Waals surface area (Å²) in [5.41, 5.74) is 6.28. The number of nitrogens with one attached hydrogen (secondary N) is 1. The monoisotopic (exact) mass is 394 g/mol. The molecule has 0 bridgehead atoms. The van der Waals surface area contributed by atoms with Gasteiger partial charge in [-0.15, -0.1) is 0 Å². The lowest BCUT2D eigenvalue weighted by Crippen LogP contribution is -2.45. The molecule has 3 N–H and O–H groups in total. The fraction of sp³-hybridized carbons (Fsp3) is 0.182. The minimum atomic E-state index is -1.25. The Morgan fingerprint density at radius 1 is 0.929 bits per heavy atom. The second kappa shape index (κ2) is 9.28. The number of carbonyl (C=O) groups excluding carboxylic acids is 2. The Labute approximate surface area is 166 Å². The first kappa shape index (κ1) is 19.8.